The van der Waals surface area contributed by atoms with Crippen LogP contribution in [-0.4, -0.2) is 15.9 Å². The van der Waals surface area contributed by atoms with E-state index in [0.717, 1.165) is 39.5 Å². The highest BCUT2D eigenvalue weighted by Crippen LogP contribution is 2.30. The third-order valence-electron chi connectivity index (χ3n) is 4.03. The summed E-state index contributed by atoms with van der Waals surface area (Å²) in [5.74, 6) is 0. The number of aldehydes is 1. The molecule has 4 aromatic rings. The molecule has 3 nitrogen and oxygen atoms in total. The summed E-state index contributed by atoms with van der Waals surface area (Å²) in [7, 11) is 0. The minimum Gasteiger partial charge on any atom is -0.298 e. The molecule has 0 unspecified atom stereocenters. The maximum absolute atomic E-state index is 11.5. The van der Waals surface area contributed by atoms with Crippen molar-refractivity contribution in [2.24, 2.45) is 0 Å². The Hall–Kier alpha value is -2.94. The van der Waals surface area contributed by atoms with E-state index >= 15 is 0 Å². The van der Waals surface area contributed by atoms with E-state index in [1.807, 2.05) is 47.8 Å². The zero-order chi connectivity index (χ0) is 15.1. The molecule has 0 aliphatic heterocycles. The normalized spacial score (nSPS) is 11.1. The standard InChI is InChI=1S/C19H14N2O/c1-13-17(12-22)19-16-10-6-5-9-15(16)11-18(21(19)20-13)14-7-3-2-4-8-14/h2-12H,1H3. The second-order valence-electron chi connectivity index (χ2n) is 5.36. The van der Waals surface area contributed by atoms with Crippen LogP contribution in [0.3, 0.4) is 0 Å². The Labute approximate surface area is 127 Å². The summed E-state index contributed by atoms with van der Waals surface area (Å²) in [6.07, 6.45) is 0.902. The lowest BCUT2D eigenvalue weighted by atomic mass is 10.0. The van der Waals surface area contributed by atoms with E-state index in [1.54, 1.807) is 0 Å². The van der Waals surface area contributed by atoms with Crippen molar-refractivity contribution >= 4 is 22.6 Å². The minimum absolute atomic E-state index is 0.661. The zero-order valence-corrected chi connectivity index (χ0v) is 12.2. The largest absolute Gasteiger partial charge is 0.298 e. The van der Waals surface area contributed by atoms with Gasteiger partial charge in [-0.3, -0.25) is 4.79 Å². The summed E-state index contributed by atoms with van der Waals surface area (Å²) < 4.78 is 1.89. The Balaban J connectivity index is 2.23. The van der Waals surface area contributed by atoms with Crippen molar-refractivity contribution in [1.82, 2.24) is 9.61 Å². The van der Waals surface area contributed by atoms with E-state index in [1.165, 1.54) is 0 Å². The van der Waals surface area contributed by atoms with E-state index in [4.69, 9.17) is 0 Å². The number of carbonyl (C=O) groups excluding carboxylic acids is 1. The van der Waals surface area contributed by atoms with Gasteiger partial charge in [0, 0.05) is 10.9 Å². The van der Waals surface area contributed by atoms with Gasteiger partial charge >= 0.3 is 0 Å². The fourth-order valence-corrected chi connectivity index (χ4v) is 2.98. The van der Waals surface area contributed by atoms with E-state index in [-0.39, 0.29) is 0 Å². The topological polar surface area (TPSA) is 34.4 Å². The first-order chi connectivity index (χ1) is 10.8. The van der Waals surface area contributed by atoms with Crippen molar-refractivity contribution in [2.45, 2.75) is 6.92 Å². The Bertz CT molecular complexity index is 1000. The number of rotatable bonds is 2. The third-order valence-corrected chi connectivity index (χ3v) is 4.03. The van der Waals surface area contributed by atoms with Crippen LogP contribution in [0.15, 0.2) is 60.7 Å². The summed E-state index contributed by atoms with van der Waals surface area (Å²) >= 11 is 0. The molecule has 0 bridgehead atoms. The fraction of sp³-hybridized carbons (Fsp3) is 0.0526. The van der Waals surface area contributed by atoms with Crippen LogP contribution in [0.2, 0.25) is 0 Å². The van der Waals surface area contributed by atoms with Gasteiger partial charge in [0.25, 0.3) is 0 Å². The lowest BCUT2D eigenvalue weighted by molar-refractivity contribution is 0.112. The van der Waals surface area contributed by atoms with Crippen molar-refractivity contribution in [3.63, 3.8) is 0 Å². The van der Waals surface area contributed by atoms with Crippen LogP contribution < -0.4 is 0 Å². The highest BCUT2D eigenvalue weighted by molar-refractivity contribution is 6.05. The smallest absolute Gasteiger partial charge is 0.154 e. The summed E-state index contributed by atoms with van der Waals surface area (Å²) in [6, 6.07) is 20.3. The van der Waals surface area contributed by atoms with Crippen LogP contribution in [0.5, 0.6) is 0 Å². The molecule has 0 amide bonds. The molecule has 0 fully saturated rings. The SMILES string of the molecule is Cc1nn2c(-c3ccccc3)cc3ccccc3c2c1C=O. The average Bonchev–Trinajstić information content (AvgIpc) is 2.91. The molecule has 4 rings (SSSR count). The first-order valence-corrected chi connectivity index (χ1v) is 7.21. The summed E-state index contributed by atoms with van der Waals surface area (Å²) in [5, 5.41) is 6.75. The van der Waals surface area contributed by atoms with Crippen LogP contribution in [-0.2, 0) is 0 Å². The van der Waals surface area contributed by atoms with Crippen LogP contribution in [0.25, 0.3) is 27.5 Å². The fourth-order valence-electron chi connectivity index (χ4n) is 2.98. The number of aromatic nitrogens is 2. The molecule has 106 valence electrons. The number of pyridine rings is 1. The van der Waals surface area contributed by atoms with Gasteiger partial charge < -0.3 is 0 Å². The monoisotopic (exact) mass is 286 g/mol. The molecular formula is C19H14N2O. The second-order valence-corrected chi connectivity index (χ2v) is 5.36. The third kappa shape index (κ3) is 1.76. The van der Waals surface area contributed by atoms with Gasteiger partial charge in [0.05, 0.1) is 22.5 Å². The molecule has 0 N–H and O–H groups in total. The molecule has 3 heteroatoms. The number of aryl methyl sites for hydroxylation is 1. The molecule has 0 saturated carbocycles. The summed E-state index contributed by atoms with van der Waals surface area (Å²) in [6.45, 7) is 1.88. The summed E-state index contributed by atoms with van der Waals surface area (Å²) in [5.41, 5.74) is 4.37. The van der Waals surface area contributed by atoms with Gasteiger partial charge in [-0.15, -0.1) is 0 Å². The highest BCUT2D eigenvalue weighted by Gasteiger charge is 2.15. The first kappa shape index (κ1) is 12.8. The van der Waals surface area contributed by atoms with E-state index in [9.17, 15) is 4.79 Å². The molecule has 2 aromatic carbocycles. The van der Waals surface area contributed by atoms with Gasteiger partial charge in [0.2, 0.25) is 0 Å². The van der Waals surface area contributed by atoms with E-state index in [2.05, 4.69) is 29.4 Å². The van der Waals surface area contributed by atoms with Gasteiger partial charge in [-0.1, -0.05) is 54.6 Å². The number of hydrogen-bond donors (Lipinski definition) is 0. The van der Waals surface area contributed by atoms with Crippen molar-refractivity contribution in [3.05, 3.63) is 71.9 Å². The lowest BCUT2D eigenvalue weighted by Gasteiger charge is -2.09. The van der Waals surface area contributed by atoms with E-state index < -0.39 is 0 Å². The molecule has 0 aliphatic rings. The molecule has 22 heavy (non-hydrogen) atoms. The van der Waals surface area contributed by atoms with Crippen molar-refractivity contribution < 1.29 is 4.79 Å². The van der Waals surface area contributed by atoms with Gasteiger partial charge in [-0.05, 0) is 18.4 Å². The van der Waals surface area contributed by atoms with Crippen molar-refractivity contribution in [2.75, 3.05) is 0 Å². The van der Waals surface area contributed by atoms with Crippen LogP contribution >= 0.6 is 0 Å². The number of hydrogen-bond acceptors (Lipinski definition) is 2. The Kier molecular flexibility index (Phi) is 2.79. The minimum atomic E-state index is 0.661. The number of carbonyl (C=O) groups is 1. The second kappa shape index (κ2) is 4.81. The molecule has 2 heterocycles. The van der Waals surface area contributed by atoms with Crippen molar-refractivity contribution in [3.8, 4) is 11.3 Å². The molecular weight excluding hydrogens is 272 g/mol. The molecule has 0 aliphatic carbocycles. The maximum Gasteiger partial charge on any atom is 0.154 e. The Morgan fingerprint density at radius 1 is 1.00 bits per heavy atom. The lowest BCUT2D eigenvalue weighted by Crippen LogP contribution is -1.95. The van der Waals surface area contributed by atoms with Crippen molar-refractivity contribution in [1.29, 1.82) is 0 Å². The maximum atomic E-state index is 11.5. The number of benzene rings is 2. The Morgan fingerprint density at radius 3 is 2.50 bits per heavy atom. The molecule has 0 radical (unpaired) electrons. The first-order valence-electron chi connectivity index (χ1n) is 7.21. The molecule has 0 saturated heterocycles. The van der Waals surface area contributed by atoms with Gasteiger partial charge in [-0.2, -0.15) is 5.10 Å². The predicted octanol–water partition coefficient (Wildman–Crippen LogP) is 4.28. The highest BCUT2D eigenvalue weighted by atomic mass is 16.1. The van der Waals surface area contributed by atoms with Crippen LogP contribution in [0.1, 0.15) is 16.1 Å². The Morgan fingerprint density at radius 2 is 1.73 bits per heavy atom. The van der Waals surface area contributed by atoms with Gasteiger partial charge in [0.1, 0.15) is 0 Å². The van der Waals surface area contributed by atoms with Crippen LogP contribution in [0, 0.1) is 6.92 Å². The predicted molar refractivity (Wildman–Crippen MR) is 88.3 cm³/mol. The van der Waals surface area contributed by atoms with Crippen LogP contribution in [0.4, 0.5) is 0 Å². The van der Waals surface area contributed by atoms with Gasteiger partial charge in [0.15, 0.2) is 6.29 Å². The zero-order valence-electron chi connectivity index (χ0n) is 12.2. The number of nitrogens with zero attached hydrogens (tertiary/aromatic N) is 2. The molecule has 2 aromatic heterocycles. The van der Waals surface area contributed by atoms with E-state index in [0.29, 0.717) is 5.56 Å². The number of fused-ring (bicyclic) bond motifs is 3. The average molecular weight is 286 g/mol. The van der Waals surface area contributed by atoms with Gasteiger partial charge in [-0.25, -0.2) is 4.52 Å². The summed E-state index contributed by atoms with van der Waals surface area (Å²) in [4.78, 5) is 11.5. The quantitative estimate of drug-likeness (QED) is 0.516. The molecule has 0 atom stereocenters. The molecule has 0 spiro atoms.